The van der Waals surface area contributed by atoms with E-state index in [0.717, 1.165) is 12.8 Å². The Bertz CT molecular complexity index is 402. The first-order valence-electron chi connectivity index (χ1n) is 6.50. The second-order valence-electron chi connectivity index (χ2n) is 5.26. The van der Waals surface area contributed by atoms with Gasteiger partial charge in [0.2, 0.25) is 11.8 Å². The molecule has 106 valence electrons. The molecule has 7 heteroatoms. The van der Waals surface area contributed by atoms with E-state index in [1.807, 2.05) is 0 Å². The summed E-state index contributed by atoms with van der Waals surface area (Å²) in [5.74, 6) is -1.37. The van der Waals surface area contributed by atoms with Crippen LogP contribution in [0.1, 0.15) is 26.2 Å². The smallest absolute Gasteiger partial charge is 0.329 e. The predicted molar refractivity (Wildman–Crippen MR) is 66.4 cm³/mol. The Labute approximate surface area is 111 Å². The van der Waals surface area contributed by atoms with E-state index < -0.39 is 17.6 Å². The number of piperidine rings is 1. The maximum absolute atomic E-state index is 12.4. The fraction of sp³-hybridized carbons (Fsp3) is 0.750. The Morgan fingerprint density at radius 2 is 2.16 bits per heavy atom. The number of carbonyl (C=O) groups excluding carboxylic acids is 2. The highest BCUT2D eigenvalue weighted by Gasteiger charge is 2.45. The zero-order valence-electron chi connectivity index (χ0n) is 10.9. The number of hydrogen-bond donors (Lipinski definition) is 3. The highest BCUT2D eigenvalue weighted by atomic mass is 16.4. The van der Waals surface area contributed by atoms with E-state index in [4.69, 9.17) is 0 Å². The third kappa shape index (κ3) is 2.56. The lowest BCUT2D eigenvalue weighted by molar-refractivity contribution is -0.162. The van der Waals surface area contributed by atoms with E-state index in [0.29, 0.717) is 13.0 Å². The van der Waals surface area contributed by atoms with E-state index in [1.54, 1.807) is 6.92 Å². The molecular weight excluding hydrogens is 250 g/mol. The average Bonchev–Trinajstić information content (AvgIpc) is 2.39. The number of carbonyl (C=O) groups is 3. The molecule has 2 unspecified atom stereocenters. The molecule has 2 saturated heterocycles. The molecule has 0 aliphatic carbocycles. The van der Waals surface area contributed by atoms with Crippen LogP contribution in [-0.2, 0) is 14.4 Å². The van der Waals surface area contributed by atoms with Gasteiger partial charge in [0, 0.05) is 13.1 Å². The average molecular weight is 269 g/mol. The summed E-state index contributed by atoms with van der Waals surface area (Å²) in [6.45, 7) is 2.35. The summed E-state index contributed by atoms with van der Waals surface area (Å²) >= 11 is 0. The lowest BCUT2D eigenvalue weighted by Gasteiger charge is -2.43. The van der Waals surface area contributed by atoms with Crippen molar-refractivity contribution in [3.05, 3.63) is 0 Å². The fourth-order valence-corrected chi connectivity index (χ4v) is 2.63. The van der Waals surface area contributed by atoms with Crippen molar-refractivity contribution in [1.29, 1.82) is 0 Å². The van der Waals surface area contributed by atoms with Crippen LogP contribution in [0.5, 0.6) is 0 Å². The van der Waals surface area contributed by atoms with Crippen molar-refractivity contribution in [3.8, 4) is 0 Å². The number of hydrogen-bond acceptors (Lipinski definition) is 4. The minimum Gasteiger partial charge on any atom is -0.480 e. The molecule has 2 rings (SSSR count). The van der Waals surface area contributed by atoms with Crippen LogP contribution in [0.25, 0.3) is 0 Å². The fourth-order valence-electron chi connectivity index (χ4n) is 2.63. The van der Waals surface area contributed by atoms with Crippen LogP contribution >= 0.6 is 0 Å². The van der Waals surface area contributed by atoms with Gasteiger partial charge in [-0.25, -0.2) is 4.79 Å². The van der Waals surface area contributed by atoms with Crippen LogP contribution in [0.2, 0.25) is 0 Å². The number of nitrogens with one attached hydrogen (secondary N) is 2. The van der Waals surface area contributed by atoms with Crippen LogP contribution in [0.15, 0.2) is 0 Å². The molecule has 0 aromatic carbocycles. The molecule has 2 aliphatic rings. The summed E-state index contributed by atoms with van der Waals surface area (Å²) in [5, 5.41) is 14.8. The number of amides is 2. The van der Waals surface area contributed by atoms with Crippen LogP contribution in [0.3, 0.4) is 0 Å². The number of nitrogens with zero attached hydrogens (tertiary/aromatic N) is 1. The molecule has 2 atom stereocenters. The zero-order chi connectivity index (χ0) is 14.0. The summed E-state index contributed by atoms with van der Waals surface area (Å²) in [6, 6.07) is -0.533. The van der Waals surface area contributed by atoms with Gasteiger partial charge in [-0.3, -0.25) is 14.9 Å². The first-order chi connectivity index (χ1) is 8.95. The van der Waals surface area contributed by atoms with E-state index in [2.05, 4.69) is 10.6 Å². The van der Waals surface area contributed by atoms with Gasteiger partial charge in [0.25, 0.3) is 0 Å². The van der Waals surface area contributed by atoms with E-state index in [-0.39, 0.29) is 24.9 Å². The molecule has 0 saturated carbocycles. The van der Waals surface area contributed by atoms with Gasteiger partial charge in [-0.1, -0.05) is 0 Å². The highest BCUT2D eigenvalue weighted by molar-refractivity contribution is 5.91. The largest absolute Gasteiger partial charge is 0.480 e. The molecule has 2 amide bonds. The Kier molecular flexibility index (Phi) is 3.75. The second kappa shape index (κ2) is 5.16. The monoisotopic (exact) mass is 269 g/mol. The summed E-state index contributed by atoms with van der Waals surface area (Å²) < 4.78 is 0. The van der Waals surface area contributed by atoms with E-state index in [1.165, 1.54) is 4.90 Å². The highest BCUT2D eigenvalue weighted by Crippen LogP contribution is 2.28. The van der Waals surface area contributed by atoms with Crippen molar-refractivity contribution in [2.45, 2.75) is 37.8 Å². The molecule has 2 heterocycles. The minimum atomic E-state index is -1.14. The maximum Gasteiger partial charge on any atom is 0.329 e. The number of aliphatic carboxylic acids is 1. The van der Waals surface area contributed by atoms with Gasteiger partial charge < -0.3 is 15.3 Å². The first-order valence-corrected chi connectivity index (χ1v) is 6.50. The molecule has 2 fully saturated rings. The van der Waals surface area contributed by atoms with Gasteiger partial charge >= 0.3 is 5.97 Å². The third-order valence-electron chi connectivity index (χ3n) is 3.93. The van der Waals surface area contributed by atoms with Crippen LogP contribution < -0.4 is 10.6 Å². The topological polar surface area (TPSA) is 98.7 Å². The van der Waals surface area contributed by atoms with Crippen molar-refractivity contribution in [2.75, 3.05) is 19.6 Å². The summed E-state index contributed by atoms with van der Waals surface area (Å²) in [4.78, 5) is 36.4. The molecule has 3 N–H and O–H groups in total. The van der Waals surface area contributed by atoms with Gasteiger partial charge in [-0.15, -0.1) is 0 Å². The Balaban J connectivity index is 2.12. The van der Waals surface area contributed by atoms with Crippen molar-refractivity contribution in [2.24, 2.45) is 0 Å². The van der Waals surface area contributed by atoms with Crippen LogP contribution in [0.4, 0.5) is 0 Å². The Morgan fingerprint density at radius 1 is 1.42 bits per heavy atom. The third-order valence-corrected chi connectivity index (χ3v) is 3.93. The van der Waals surface area contributed by atoms with Gasteiger partial charge in [0.1, 0.15) is 11.6 Å². The molecule has 19 heavy (non-hydrogen) atoms. The van der Waals surface area contributed by atoms with E-state index >= 15 is 0 Å². The van der Waals surface area contributed by atoms with Crippen molar-refractivity contribution >= 4 is 17.8 Å². The number of likely N-dealkylation sites (tertiary alicyclic amines) is 1. The number of carboxylic acid groups (broad SMARTS) is 1. The quantitative estimate of drug-likeness (QED) is 0.593. The SMILES string of the molecule is CC1(C(=O)O)CCCCN1C(=O)C1CNC(=O)CN1. The predicted octanol–water partition coefficient (Wildman–Crippen LogP) is -1.07. The standard InChI is InChI=1S/C12H19N3O4/c1-12(11(18)19)4-2-3-5-15(12)10(17)8-6-14-9(16)7-13-8/h8,13H,2-7H2,1H3,(H,14,16)(H,18,19). The molecule has 2 aliphatic heterocycles. The summed E-state index contributed by atoms with van der Waals surface area (Å²) in [7, 11) is 0. The Hall–Kier alpha value is -1.63. The minimum absolute atomic E-state index is 0.0913. The molecule has 0 aromatic heterocycles. The summed E-state index contributed by atoms with van der Waals surface area (Å²) in [6.07, 6.45) is 2.09. The molecular formula is C12H19N3O4. The van der Waals surface area contributed by atoms with Crippen molar-refractivity contribution in [1.82, 2.24) is 15.5 Å². The van der Waals surface area contributed by atoms with Crippen LogP contribution in [0, 0.1) is 0 Å². The maximum atomic E-state index is 12.4. The molecule has 0 aromatic rings. The zero-order valence-corrected chi connectivity index (χ0v) is 10.9. The van der Waals surface area contributed by atoms with Gasteiger partial charge in [0.15, 0.2) is 0 Å². The number of piperazine rings is 1. The lowest BCUT2D eigenvalue weighted by atomic mass is 9.87. The van der Waals surface area contributed by atoms with E-state index in [9.17, 15) is 19.5 Å². The normalized spacial score (nSPS) is 31.7. The molecule has 0 bridgehead atoms. The number of carboxylic acids is 1. The molecule has 0 radical (unpaired) electrons. The molecule has 0 spiro atoms. The first kappa shape index (κ1) is 13.8. The van der Waals surface area contributed by atoms with Crippen molar-refractivity contribution < 1.29 is 19.5 Å². The van der Waals surface area contributed by atoms with Crippen molar-refractivity contribution in [3.63, 3.8) is 0 Å². The van der Waals surface area contributed by atoms with Gasteiger partial charge in [0.05, 0.1) is 6.54 Å². The Morgan fingerprint density at radius 3 is 2.74 bits per heavy atom. The van der Waals surface area contributed by atoms with Crippen LogP contribution in [-0.4, -0.2) is 59.0 Å². The second-order valence-corrected chi connectivity index (χ2v) is 5.26. The van der Waals surface area contributed by atoms with Gasteiger partial charge in [-0.05, 0) is 26.2 Å². The van der Waals surface area contributed by atoms with Gasteiger partial charge in [-0.2, -0.15) is 0 Å². The lowest BCUT2D eigenvalue weighted by Crippen LogP contribution is -2.65. The molecule has 7 nitrogen and oxygen atoms in total. The summed E-state index contributed by atoms with van der Waals surface area (Å²) in [5.41, 5.74) is -1.14. The number of rotatable bonds is 2.